The summed E-state index contributed by atoms with van der Waals surface area (Å²) in [6.45, 7) is 0.946. The number of ether oxygens (including phenoxy) is 1. The molecular formula is C9H14N4O4S. The summed E-state index contributed by atoms with van der Waals surface area (Å²) in [5.41, 5.74) is 3.79. The van der Waals surface area contributed by atoms with Crippen LogP contribution in [-0.4, -0.2) is 54.5 Å². The van der Waals surface area contributed by atoms with E-state index in [0.717, 1.165) is 4.68 Å². The molecule has 1 aliphatic rings. The van der Waals surface area contributed by atoms with Gasteiger partial charge in [-0.3, -0.25) is 0 Å². The molecule has 4 atom stereocenters. The number of rotatable bonds is 2. The molecular weight excluding hydrogens is 260 g/mol. The normalized spacial score (nSPS) is 35.9. The van der Waals surface area contributed by atoms with Crippen LogP contribution in [0, 0.1) is 4.77 Å². The summed E-state index contributed by atoms with van der Waals surface area (Å²) >= 11 is 4.97. The van der Waals surface area contributed by atoms with E-state index < -0.39 is 30.6 Å². The van der Waals surface area contributed by atoms with Crippen molar-refractivity contribution in [3.63, 3.8) is 0 Å². The molecule has 5 N–H and O–H groups in total. The number of hydrogen-bond donors (Lipinski definition) is 4. The molecule has 1 aliphatic heterocycles. The van der Waals surface area contributed by atoms with E-state index in [1.54, 1.807) is 0 Å². The van der Waals surface area contributed by atoms with Crippen LogP contribution in [-0.2, 0) is 4.74 Å². The largest absolute Gasteiger partial charge is 0.394 e. The molecule has 1 saturated heterocycles. The van der Waals surface area contributed by atoms with Gasteiger partial charge in [0.05, 0.1) is 12.8 Å². The molecule has 2 heterocycles. The first-order chi connectivity index (χ1) is 8.37. The van der Waals surface area contributed by atoms with Crippen LogP contribution >= 0.6 is 12.2 Å². The zero-order valence-corrected chi connectivity index (χ0v) is 10.4. The SMILES string of the molecule is C[C@]1(O)C(n2ncc(N)nc2=S)OC(CO)[C@H]1O. The molecule has 9 heteroatoms. The van der Waals surface area contributed by atoms with Crippen LogP contribution in [0.3, 0.4) is 0 Å². The van der Waals surface area contributed by atoms with Gasteiger partial charge in [0.25, 0.3) is 0 Å². The van der Waals surface area contributed by atoms with Crippen molar-refractivity contribution in [1.29, 1.82) is 0 Å². The van der Waals surface area contributed by atoms with Crippen molar-refractivity contribution in [2.45, 2.75) is 31.0 Å². The van der Waals surface area contributed by atoms with E-state index >= 15 is 0 Å². The van der Waals surface area contributed by atoms with Crippen LogP contribution in [0.15, 0.2) is 6.20 Å². The fraction of sp³-hybridized carbons (Fsp3) is 0.667. The predicted octanol–water partition coefficient (Wildman–Crippen LogP) is -1.41. The second-order valence-electron chi connectivity index (χ2n) is 4.29. The number of nitrogen functional groups attached to an aromatic ring is 1. The molecule has 18 heavy (non-hydrogen) atoms. The van der Waals surface area contributed by atoms with Crippen molar-refractivity contribution in [1.82, 2.24) is 14.8 Å². The standard InChI is InChI=1S/C9H14N4O4S/c1-9(16)6(15)4(3-14)17-7(9)13-8(18)12-5(10)2-11-13/h2,4,6-7,14-16H,3H2,1H3,(H2,10,12,18)/t4?,6-,7?,9-/m1/s1. The first kappa shape index (κ1) is 13.3. The predicted molar refractivity (Wildman–Crippen MR) is 62.9 cm³/mol. The second kappa shape index (κ2) is 4.52. The Kier molecular flexibility index (Phi) is 3.34. The van der Waals surface area contributed by atoms with E-state index in [0.29, 0.717) is 0 Å². The lowest BCUT2D eigenvalue weighted by Gasteiger charge is -2.26. The number of aromatic nitrogens is 3. The summed E-state index contributed by atoms with van der Waals surface area (Å²) in [4.78, 5) is 3.82. The highest BCUT2D eigenvalue weighted by atomic mass is 32.1. The molecule has 0 amide bonds. The van der Waals surface area contributed by atoms with Crippen molar-refractivity contribution in [3.05, 3.63) is 11.0 Å². The van der Waals surface area contributed by atoms with Crippen molar-refractivity contribution in [3.8, 4) is 0 Å². The average molecular weight is 274 g/mol. The molecule has 1 aromatic heterocycles. The highest BCUT2D eigenvalue weighted by Gasteiger charge is 2.53. The molecule has 2 rings (SSSR count). The topological polar surface area (TPSA) is 127 Å². The molecule has 0 radical (unpaired) electrons. The fourth-order valence-corrected chi connectivity index (χ4v) is 2.12. The first-order valence-corrected chi connectivity index (χ1v) is 5.67. The lowest BCUT2D eigenvalue weighted by Crippen LogP contribution is -2.44. The van der Waals surface area contributed by atoms with Gasteiger partial charge in [-0.1, -0.05) is 0 Å². The van der Waals surface area contributed by atoms with Crippen LogP contribution in [0.2, 0.25) is 0 Å². The van der Waals surface area contributed by atoms with Gasteiger partial charge in [-0.25, -0.2) is 9.67 Å². The second-order valence-corrected chi connectivity index (χ2v) is 4.65. The van der Waals surface area contributed by atoms with Gasteiger partial charge >= 0.3 is 0 Å². The Labute approximate surface area is 108 Å². The number of nitrogens with two attached hydrogens (primary N) is 1. The van der Waals surface area contributed by atoms with Crippen LogP contribution < -0.4 is 5.73 Å². The fourth-order valence-electron chi connectivity index (χ4n) is 1.87. The zero-order valence-electron chi connectivity index (χ0n) is 9.59. The van der Waals surface area contributed by atoms with Crippen LogP contribution in [0.1, 0.15) is 13.2 Å². The van der Waals surface area contributed by atoms with Crippen molar-refractivity contribution in [2.24, 2.45) is 0 Å². The third-order valence-corrected chi connectivity index (χ3v) is 3.17. The van der Waals surface area contributed by atoms with Gasteiger partial charge in [-0.05, 0) is 19.1 Å². The Balaban J connectivity index is 2.42. The van der Waals surface area contributed by atoms with E-state index in [2.05, 4.69) is 10.1 Å². The zero-order chi connectivity index (χ0) is 13.5. The number of hydrogen-bond acceptors (Lipinski definition) is 8. The maximum atomic E-state index is 10.2. The van der Waals surface area contributed by atoms with Gasteiger partial charge in [0.1, 0.15) is 23.6 Å². The smallest absolute Gasteiger partial charge is 0.220 e. The monoisotopic (exact) mass is 274 g/mol. The molecule has 1 aromatic rings. The minimum absolute atomic E-state index is 0.0195. The summed E-state index contributed by atoms with van der Waals surface area (Å²) < 4.78 is 6.51. The van der Waals surface area contributed by atoms with Gasteiger partial charge in [-0.15, -0.1) is 0 Å². The summed E-state index contributed by atoms with van der Waals surface area (Å²) in [5.74, 6) is 0.146. The molecule has 0 aromatic carbocycles. The molecule has 0 bridgehead atoms. The summed E-state index contributed by atoms with van der Waals surface area (Å²) in [6, 6.07) is 0. The lowest BCUT2D eigenvalue weighted by atomic mass is 9.97. The average Bonchev–Trinajstić information content (AvgIpc) is 2.52. The third-order valence-electron chi connectivity index (χ3n) is 2.89. The minimum Gasteiger partial charge on any atom is -0.394 e. The number of aliphatic hydroxyl groups excluding tert-OH is 2. The third kappa shape index (κ3) is 1.99. The number of aliphatic hydroxyl groups is 3. The van der Waals surface area contributed by atoms with Crippen LogP contribution in [0.4, 0.5) is 5.82 Å². The summed E-state index contributed by atoms with van der Waals surface area (Å²) in [7, 11) is 0. The molecule has 0 spiro atoms. The summed E-state index contributed by atoms with van der Waals surface area (Å²) in [5, 5.41) is 33.0. The van der Waals surface area contributed by atoms with E-state index in [1.807, 2.05) is 0 Å². The molecule has 8 nitrogen and oxygen atoms in total. The quantitative estimate of drug-likeness (QED) is 0.485. The maximum absolute atomic E-state index is 10.2. The van der Waals surface area contributed by atoms with E-state index in [4.69, 9.17) is 27.8 Å². The highest BCUT2D eigenvalue weighted by molar-refractivity contribution is 7.71. The van der Waals surface area contributed by atoms with E-state index in [1.165, 1.54) is 13.1 Å². The lowest BCUT2D eigenvalue weighted by molar-refractivity contribution is -0.104. The number of nitrogens with zero attached hydrogens (tertiary/aromatic N) is 3. The van der Waals surface area contributed by atoms with Gasteiger partial charge < -0.3 is 25.8 Å². The minimum atomic E-state index is -1.64. The Hall–Kier alpha value is -1.13. The van der Waals surface area contributed by atoms with Gasteiger partial charge in [-0.2, -0.15) is 5.10 Å². The Morgan fingerprint density at radius 2 is 2.33 bits per heavy atom. The molecule has 0 aliphatic carbocycles. The van der Waals surface area contributed by atoms with Gasteiger partial charge in [0.15, 0.2) is 6.23 Å². The molecule has 0 saturated carbocycles. The Bertz CT molecular complexity index is 506. The van der Waals surface area contributed by atoms with E-state index in [-0.39, 0.29) is 10.6 Å². The van der Waals surface area contributed by atoms with Crippen molar-refractivity contribution >= 4 is 18.0 Å². The van der Waals surface area contributed by atoms with Crippen molar-refractivity contribution < 1.29 is 20.1 Å². The van der Waals surface area contributed by atoms with E-state index in [9.17, 15) is 10.2 Å². The van der Waals surface area contributed by atoms with Crippen LogP contribution in [0.25, 0.3) is 0 Å². The highest BCUT2D eigenvalue weighted by Crippen LogP contribution is 2.37. The van der Waals surface area contributed by atoms with Crippen LogP contribution in [0.5, 0.6) is 0 Å². The van der Waals surface area contributed by atoms with Gasteiger partial charge in [0.2, 0.25) is 4.77 Å². The number of anilines is 1. The first-order valence-electron chi connectivity index (χ1n) is 5.26. The maximum Gasteiger partial charge on any atom is 0.220 e. The molecule has 2 unspecified atom stereocenters. The Morgan fingerprint density at radius 1 is 1.67 bits per heavy atom. The van der Waals surface area contributed by atoms with Crippen molar-refractivity contribution in [2.75, 3.05) is 12.3 Å². The molecule has 100 valence electrons. The molecule has 1 fully saturated rings. The Morgan fingerprint density at radius 3 is 2.83 bits per heavy atom. The van der Waals surface area contributed by atoms with Gasteiger partial charge in [0, 0.05) is 0 Å². The summed E-state index contributed by atoms with van der Waals surface area (Å²) in [6.07, 6.45) is -1.95.